The summed E-state index contributed by atoms with van der Waals surface area (Å²) in [5.41, 5.74) is 0.698. The third-order valence-electron chi connectivity index (χ3n) is 3.52. The molecule has 0 radical (unpaired) electrons. The minimum Gasteiger partial charge on any atom is -0.491 e. The maximum atomic E-state index is 12.0. The van der Waals surface area contributed by atoms with Crippen molar-refractivity contribution in [2.45, 2.75) is 0 Å². The summed E-state index contributed by atoms with van der Waals surface area (Å²) in [4.78, 5) is 25.7. The summed E-state index contributed by atoms with van der Waals surface area (Å²) >= 11 is 1.32. The number of hydrogen-bond donors (Lipinski definition) is 1. The van der Waals surface area contributed by atoms with Gasteiger partial charge in [0, 0.05) is 25.9 Å². The molecule has 0 atom stereocenters. The van der Waals surface area contributed by atoms with E-state index in [0.717, 1.165) is 5.75 Å². The Morgan fingerprint density at radius 1 is 1.16 bits per heavy atom. The van der Waals surface area contributed by atoms with Gasteiger partial charge in [-0.3, -0.25) is 9.59 Å². The summed E-state index contributed by atoms with van der Waals surface area (Å²) in [6.45, 7) is 3.44. The maximum absolute atomic E-state index is 12.0. The van der Waals surface area contributed by atoms with Crippen molar-refractivity contribution in [3.8, 4) is 5.75 Å². The monoisotopic (exact) mass is 368 g/mol. The Morgan fingerprint density at radius 3 is 2.56 bits per heavy atom. The van der Waals surface area contributed by atoms with Crippen LogP contribution in [0.15, 0.2) is 24.3 Å². The molecule has 1 fully saturated rings. The number of thioether (sulfide) groups is 1. The molecule has 7 nitrogen and oxygen atoms in total. The number of methoxy groups -OCH3 is 1. The van der Waals surface area contributed by atoms with Crippen molar-refractivity contribution in [3.63, 3.8) is 0 Å². The highest BCUT2D eigenvalue weighted by atomic mass is 32.2. The second-order valence-corrected chi connectivity index (χ2v) is 6.39. The first-order valence-electron chi connectivity index (χ1n) is 8.14. The van der Waals surface area contributed by atoms with Crippen LogP contribution in [-0.4, -0.2) is 74.8 Å². The van der Waals surface area contributed by atoms with Gasteiger partial charge in [0.05, 0.1) is 31.3 Å². The van der Waals surface area contributed by atoms with Gasteiger partial charge in [0.2, 0.25) is 11.8 Å². The number of carbonyl (C=O) groups excluding carboxylic acids is 2. The molecule has 0 bridgehead atoms. The van der Waals surface area contributed by atoms with Crippen molar-refractivity contribution in [1.29, 1.82) is 0 Å². The van der Waals surface area contributed by atoms with Crippen molar-refractivity contribution in [3.05, 3.63) is 24.3 Å². The molecular weight excluding hydrogens is 344 g/mol. The Kier molecular flexibility index (Phi) is 8.58. The van der Waals surface area contributed by atoms with Crippen LogP contribution in [0, 0.1) is 0 Å². The number of hydrogen-bond acceptors (Lipinski definition) is 6. The van der Waals surface area contributed by atoms with Crippen molar-refractivity contribution in [2.75, 3.05) is 63.4 Å². The number of morpholine rings is 1. The molecular formula is C17H24N2O5S. The Bertz CT molecular complexity index is 546. The van der Waals surface area contributed by atoms with Gasteiger partial charge in [0.25, 0.3) is 0 Å². The van der Waals surface area contributed by atoms with Gasteiger partial charge < -0.3 is 24.4 Å². The lowest BCUT2D eigenvalue weighted by atomic mass is 10.3. The van der Waals surface area contributed by atoms with Crippen LogP contribution in [0.5, 0.6) is 5.75 Å². The summed E-state index contributed by atoms with van der Waals surface area (Å²) in [7, 11) is 1.62. The molecule has 1 aliphatic rings. The Balaban J connectivity index is 1.65. The molecule has 25 heavy (non-hydrogen) atoms. The number of nitrogens with zero attached hydrogens (tertiary/aromatic N) is 1. The van der Waals surface area contributed by atoms with Crippen LogP contribution < -0.4 is 10.1 Å². The fourth-order valence-corrected chi connectivity index (χ4v) is 2.93. The summed E-state index contributed by atoms with van der Waals surface area (Å²) in [5.74, 6) is 1.19. The summed E-state index contributed by atoms with van der Waals surface area (Å²) < 4.78 is 15.6. The fourth-order valence-electron chi connectivity index (χ4n) is 2.21. The molecule has 0 aliphatic carbocycles. The van der Waals surface area contributed by atoms with E-state index in [2.05, 4.69) is 5.32 Å². The van der Waals surface area contributed by atoms with E-state index in [4.69, 9.17) is 14.2 Å². The average molecular weight is 368 g/mol. The normalized spacial score (nSPS) is 14.2. The molecule has 0 unspecified atom stereocenters. The molecule has 1 heterocycles. The predicted molar refractivity (Wildman–Crippen MR) is 97.2 cm³/mol. The molecule has 0 spiro atoms. The Hall–Kier alpha value is -1.77. The smallest absolute Gasteiger partial charge is 0.234 e. The van der Waals surface area contributed by atoms with E-state index in [-0.39, 0.29) is 17.6 Å². The molecule has 2 amide bonds. The van der Waals surface area contributed by atoms with Gasteiger partial charge in [0.15, 0.2) is 0 Å². The first-order valence-corrected chi connectivity index (χ1v) is 9.29. The zero-order valence-electron chi connectivity index (χ0n) is 14.4. The molecule has 1 aliphatic heterocycles. The van der Waals surface area contributed by atoms with Crippen LogP contribution in [-0.2, 0) is 19.1 Å². The highest BCUT2D eigenvalue weighted by Gasteiger charge is 2.16. The van der Waals surface area contributed by atoms with Crippen LogP contribution in [0.2, 0.25) is 0 Å². The first kappa shape index (κ1) is 19.6. The lowest BCUT2D eigenvalue weighted by Crippen LogP contribution is -2.41. The lowest BCUT2D eigenvalue weighted by molar-refractivity contribution is -0.132. The molecule has 8 heteroatoms. The van der Waals surface area contributed by atoms with E-state index in [9.17, 15) is 9.59 Å². The minimum atomic E-state index is -0.132. The number of ether oxygens (including phenoxy) is 3. The van der Waals surface area contributed by atoms with Gasteiger partial charge in [-0.15, -0.1) is 11.8 Å². The molecule has 1 aromatic carbocycles. The average Bonchev–Trinajstić information content (AvgIpc) is 2.64. The number of carbonyl (C=O) groups is 2. The number of anilines is 1. The highest BCUT2D eigenvalue weighted by Crippen LogP contribution is 2.16. The number of amides is 2. The van der Waals surface area contributed by atoms with Crippen molar-refractivity contribution in [2.24, 2.45) is 0 Å². The number of nitrogens with one attached hydrogen (secondary N) is 1. The molecule has 2 rings (SSSR count). The van der Waals surface area contributed by atoms with E-state index in [1.807, 2.05) is 0 Å². The van der Waals surface area contributed by atoms with E-state index in [0.29, 0.717) is 51.0 Å². The first-order chi connectivity index (χ1) is 12.2. The minimum absolute atomic E-state index is 0.0543. The largest absolute Gasteiger partial charge is 0.491 e. The Morgan fingerprint density at radius 2 is 1.88 bits per heavy atom. The van der Waals surface area contributed by atoms with E-state index in [1.165, 1.54) is 11.8 Å². The zero-order chi connectivity index (χ0) is 17.9. The second-order valence-electron chi connectivity index (χ2n) is 5.40. The standard InChI is InChI=1S/C17H24N2O5S/c1-22-10-11-24-15-4-2-14(3-5-15)18-16(20)12-25-13-17(21)19-6-8-23-9-7-19/h2-5H,6-13H2,1H3,(H,18,20). The summed E-state index contributed by atoms with van der Waals surface area (Å²) in [6, 6.07) is 7.15. The van der Waals surface area contributed by atoms with Gasteiger partial charge in [-0.1, -0.05) is 0 Å². The van der Waals surface area contributed by atoms with Crippen LogP contribution in [0.25, 0.3) is 0 Å². The van der Waals surface area contributed by atoms with E-state index < -0.39 is 0 Å². The second kappa shape index (κ2) is 11.0. The number of benzene rings is 1. The van der Waals surface area contributed by atoms with Gasteiger partial charge in [-0.2, -0.15) is 0 Å². The molecule has 0 saturated carbocycles. The van der Waals surface area contributed by atoms with Gasteiger partial charge in [-0.05, 0) is 24.3 Å². The number of rotatable bonds is 9. The third-order valence-corrected chi connectivity index (χ3v) is 4.43. The van der Waals surface area contributed by atoms with Gasteiger partial charge in [-0.25, -0.2) is 0 Å². The summed E-state index contributed by atoms with van der Waals surface area (Å²) in [6.07, 6.45) is 0. The van der Waals surface area contributed by atoms with Gasteiger partial charge >= 0.3 is 0 Å². The van der Waals surface area contributed by atoms with E-state index >= 15 is 0 Å². The van der Waals surface area contributed by atoms with Crippen LogP contribution in [0.4, 0.5) is 5.69 Å². The van der Waals surface area contributed by atoms with Crippen molar-refractivity contribution in [1.82, 2.24) is 4.90 Å². The zero-order valence-corrected chi connectivity index (χ0v) is 15.2. The molecule has 138 valence electrons. The third kappa shape index (κ3) is 7.33. The molecule has 1 saturated heterocycles. The van der Waals surface area contributed by atoms with E-state index in [1.54, 1.807) is 36.3 Å². The van der Waals surface area contributed by atoms with Crippen LogP contribution >= 0.6 is 11.8 Å². The van der Waals surface area contributed by atoms with Gasteiger partial charge in [0.1, 0.15) is 12.4 Å². The summed E-state index contributed by atoms with van der Waals surface area (Å²) in [5, 5.41) is 2.80. The Labute approximate surface area is 152 Å². The van der Waals surface area contributed by atoms with Crippen LogP contribution in [0.3, 0.4) is 0 Å². The molecule has 1 N–H and O–H groups in total. The predicted octanol–water partition coefficient (Wildman–Crippen LogP) is 1.24. The molecule has 0 aromatic heterocycles. The highest BCUT2D eigenvalue weighted by molar-refractivity contribution is 8.00. The van der Waals surface area contributed by atoms with Crippen LogP contribution in [0.1, 0.15) is 0 Å². The van der Waals surface area contributed by atoms with Crippen molar-refractivity contribution >= 4 is 29.3 Å². The fraction of sp³-hybridized carbons (Fsp3) is 0.529. The topological polar surface area (TPSA) is 77.1 Å². The van der Waals surface area contributed by atoms with Crippen molar-refractivity contribution < 1.29 is 23.8 Å². The SMILES string of the molecule is COCCOc1ccc(NC(=O)CSCC(=O)N2CCOCC2)cc1. The molecule has 1 aromatic rings. The quantitative estimate of drug-likeness (QED) is 0.661. The lowest BCUT2D eigenvalue weighted by Gasteiger charge is -2.26. The maximum Gasteiger partial charge on any atom is 0.234 e.